The van der Waals surface area contributed by atoms with Crippen LogP contribution in [-0.4, -0.2) is 59.1 Å². The van der Waals surface area contributed by atoms with E-state index in [4.69, 9.17) is 17.4 Å². The molecule has 1 aliphatic heterocycles. The van der Waals surface area contributed by atoms with Crippen molar-refractivity contribution in [1.82, 2.24) is 20.0 Å². The third kappa shape index (κ3) is 4.64. The molecule has 0 unspecified atom stereocenters. The molecule has 0 radical (unpaired) electrons. The molecule has 0 bridgehead atoms. The van der Waals surface area contributed by atoms with Gasteiger partial charge in [-0.3, -0.25) is 9.48 Å². The number of carbonyl (C=O) groups excluding carboxylic acids is 2. The lowest BCUT2D eigenvalue weighted by Crippen LogP contribution is -2.54. The number of fused-ring (bicyclic) bond motifs is 1. The molecule has 1 aliphatic carbocycles. The first-order valence-electron chi connectivity index (χ1n) is 10.9. The molecule has 2 aromatic rings. The van der Waals surface area contributed by atoms with E-state index < -0.39 is 21.0 Å². The van der Waals surface area contributed by atoms with Crippen molar-refractivity contribution in [1.29, 1.82) is 0 Å². The first kappa shape index (κ1) is 24.1. The predicted octanol–water partition coefficient (Wildman–Crippen LogP) is 2.33. The topological polar surface area (TPSA) is 152 Å². The Morgan fingerprint density at radius 1 is 1.29 bits per heavy atom. The van der Waals surface area contributed by atoms with E-state index in [-0.39, 0.29) is 24.2 Å². The monoisotopic (exact) mass is 507 g/mol. The summed E-state index contributed by atoms with van der Waals surface area (Å²) < 4.78 is 24.9. The van der Waals surface area contributed by atoms with E-state index in [0.29, 0.717) is 47.9 Å². The lowest BCUT2D eigenvalue weighted by Gasteiger charge is -2.37. The van der Waals surface area contributed by atoms with Crippen LogP contribution in [0.25, 0.3) is 11.3 Å². The lowest BCUT2D eigenvalue weighted by atomic mass is 9.92. The molecule has 0 saturated heterocycles. The number of nitrogens with zero attached hydrogens (tertiary/aromatic N) is 5. The molecule has 1 aromatic carbocycles. The van der Waals surface area contributed by atoms with Gasteiger partial charge in [-0.05, 0) is 30.9 Å². The van der Waals surface area contributed by atoms with Crippen LogP contribution in [-0.2, 0) is 29.3 Å². The number of sulfone groups is 1. The number of rotatable bonds is 5. The van der Waals surface area contributed by atoms with E-state index in [9.17, 15) is 18.0 Å². The third-order valence-electron chi connectivity index (χ3n) is 6.36. The van der Waals surface area contributed by atoms with Crippen LogP contribution in [0, 0.1) is 0 Å². The van der Waals surface area contributed by atoms with Crippen LogP contribution in [0.5, 0.6) is 0 Å². The van der Waals surface area contributed by atoms with Gasteiger partial charge in [-0.25, -0.2) is 13.2 Å². The number of carbonyl (C=O) groups is 2. The van der Waals surface area contributed by atoms with Gasteiger partial charge in [0.1, 0.15) is 15.5 Å². The highest BCUT2D eigenvalue weighted by Crippen LogP contribution is 2.32. The van der Waals surface area contributed by atoms with Crippen molar-refractivity contribution in [3.05, 3.63) is 40.0 Å². The predicted molar refractivity (Wildman–Crippen MR) is 126 cm³/mol. The molecule has 1 saturated carbocycles. The second-order valence-electron chi connectivity index (χ2n) is 8.56. The zero-order valence-electron chi connectivity index (χ0n) is 18.9. The summed E-state index contributed by atoms with van der Waals surface area (Å²) in [6, 6.07) is 4.97. The van der Waals surface area contributed by atoms with Crippen molar-refractivity contribution in [3.8, 4) is 11.3 Å². The number of hydrogen-bond donors (Lipinski definition) is 2. The first-order valence-corrected chi connectivity index (χ1v) is 13.2. The van der Waals surface area contributed by atoms with Crippen molar-refractivity contribution < 1.29 is 18.0 Å². The number of hydrogen-bond acceptors (Lipinski definition) is 6. The molecule has 0 spiro atoms. The molecule has 2 heterocycles. The Bertz CT molecular complexity index is 1270. The van der Waals surface area contributed by atoms with Gasteiger partial charge in [0.15, 0.2) is 0 Å². The fourth-order valence-electron chi connectivity index (χ4n) is 4.30. The molecule has 11 nitrogen and oxygen atoms in total. The highest BCUT2D eigenvalue weighted by atomic mass is 35.5. The van der Waals surface area contributed by atoms with Gasteiger partial charge in [0.25, 0.3) is 0 Å². The van der Waals surface area contributed by atoms with Gasteiger partial charge in [-0.15, -0.1) is 0 Å². The second-order valence-corrected chi connectivity index (χ2v) is 11.3. The molecule has 4 rings (SSSR count). The molecule has 182 valence electrons. The molecule has 1 fully saturated rings. The Morgan fingerprint density at radius 2 is 2.03 bits per heavy atom. The number of nitrogens with one attached hydrogen (secondary N) is 1. The average molecular weight is 508 g/mol. The maximum Gasteiger partial charge on any atom is 0.318 e. The van der Waals surface area contributed by atoms with Gasteiger partial charge < -0.3 is 16.1 Å². The number of nitrogens with two attached hydrogens (primary N) is 1. The molecule has 0 atom stereocenters. The van der Waals surface area contributed by atoms with Gasteiger partial charge >= 0.3 is 11.9 Å². The zero-order valence-corrected chi connectivity index (χ0v) is 20.4. The summed E-state index contributed by atoms with van der Waals surface area (Å²) in [5.74, 6) is 4.47. The van der Waals surface area contributed by atoms with E-state index >= 15 is 0 Å². The van der Waals surface area contributed by atoms with Crippen LogP contribution in [0.3, 0.4) is 0 Å². The summed E-state index contributed by atoms with van der Waals surface area (Å²) in [5.41, 5.74) is 2.76. The number of amides is 3. The van der Waals surface area contributed by atoms with Gasteiger partial charge in [0, 0.05) is 29.4 Å². The van der Waals surface area contributed by atoms with Crippen LogP contribution >= 0.6 is 11.6 Å². The fourth-order valence-corrected chi connectivity index (χ4v) is 5.78. The summed E-state index contributed by atoms with van der Waals surface area (Å²) >= 11 is 6.39. The van der Waals surface area contributed by atoms with Crippen molar-refractivity contribution in [2.24, 2.45) is 16.2 Å². The largest absolute Gasteiger partial charge is 0.335 e. The minimum Gasteiger partial charge on any atom is -0.335 e. The standard InChI is InChI=1S/C21H26ClN7O4S/c1-3-12-4-5-13(8-16(12)22)19-18(20(30)25-27-23)17-11-28(6-7-29(17)26-19)21(31)24-14-9-15(10-14)34(2,32)33/h4-5,8,14-15H,3,6-7,9-11H2,1-2H3,(H,24,31)(H2,23,25,30)/t14-,15+. The normalized spacial score (nSPS) is 20.1. The molecular weight excluding hydrogens is 482 g/mol. The fraction of sp³-hybridized carbons (Fsp3) is 0.476. The Kier molecular flexibility index (Phi) is 6.63. The van der Waals surface area contributed by atoms with Crippen LogP contribution in [0.4, 0.5) is 4.79 Å². The minimum atomic E-state index is -3.10. The molecule has 34 heavy (non-hydrogen) atoms. The van der Waals surface area contributed by atoms with Crippen molar-refractivity contribution in [2.45, 2.75) is 50.6 Å². The number of halogens is 1. The summed E-state index contributed by atoms with van der Waals surface area (Å²) in [6.07, 6.45) is 2.77. The summed E-state index contributed by atoms with van der Waals surface area (Å²) in [4.78, 5) is 27.2. The quantitative estimate of drug-likeness (QED) is 0.360. The summed E-state index contributed by atoms with van der Waals surface area (Å²) in [6.45, 7) is 2.88. The smallest absolute Gasteiger partial charge is 0.318 e. The average Bonchev–Trinajstić information content (AvgIpc) is 3.13. The maximum atomic E-state index is 12.8. The minimum absolute atomic E-state index is 0.128. The maximum absolute atomic E-state index is 12.8. The number of aromatic nitrogens is 2. The van der Waals surface area contributed by atoms with E-state index in [1.54, 1.807) is 15.6 Å². The Labute approximate surface area is 202 Å². The molecule has 3 N–H and O–H groups in total. The zero-order chi connectivity index (χ0) is 24.6. The van der Waals surface area contributed by atoms with Gasteiger partial charge in [-0.2, -0.15) is 5.10 Å². The summed E-state index contributed by atoms with van der Waals surface area (Å²) in [7, 11) is -3.10. The van der Waals surface area contributed by atoms with E-state index in [0.717, 1.165) is 12.0 Å². The number of aryl methyl sites for hydroxylation is 1. The molecular formula is C21H26ClN7O4S. The van der Waals surface area contributed by atoms with Crippen LogP contribution in [0.2, 0.25) is 5.02 Å². The molecule has 1 aromatic heterocycles. The van der Waals surface area contributed by atoms with Gasteiger partial charge in [0.2, 0.25) is 0 Å². The van der Waals surface area contributed by atoms with Crippen molar-refractivity contribution >= 4 is 33.4 Å². The van der Waals surface area contributed by atoms with E-state index in [1.807, 2.05) is 19.1 Å². The van der Waals surface area contributed by atoms with E-state index in [1.165, 1.54) is 6.26 Å². The molecule has 3 amide bonds. The summed E-state index contributed by atoms with van der Waals surface area (Å²) in [5, 5.41) is 14.3. The van der Waals surface area contributed by atoms with Crippen LogP contribution in [0.1, 0.15) is 41.4 Å². The number of benzene rings is 1. The Hall–Kier alpha value is -2.99. The highest BCUT2D eigenvalue weighted by molar-refractivity contribution is 7.91. The van der Waals surface area contributed by atoms with Crippen LogP contribution < -0.4 is 11.2 Å². The molecule has 13 heteroatoms. The van der Waals surface area contributed by atoms with Crippen molar-refractivity contribution in [3.63, 3.8) is 0 Å². The molecule has 2 aliphatic rings. The lowest BCUT2D eigenvalue weighted by molar-refractivity contribution is 0.0990. The Balaban J connectivity index is 1.59. The van der Waals surface area contributed by atoms with E-state index in [2.05, 4.69) is 20.8 Å². The van der Waals surface area contributed by atoms with Crippen LogP contribution in [0.15, 0.2) is 28.5 Å². The third-order valence-corrected chi connectivity index (χ3v) is 8.31. The van der Waals surface area contributed by atoms with Crippen molar-refractivity contribution in [2.75, 3.05) is 12.8 Å². The Morgan fingerprint density at radius 3 is 2.65 bits per heavy atom. The second kappa shape index (κ2) is 9.34. The highest BCUT2D eigenvalue weighted by Gasteiger charge is 2.38. The van der Waals surface area contributed by atoms with Gasteiger partial charge in [-0.1, -0.05) is 41.0 Å². The van der Waals surface area contributed by atoms with Gasteiger partial charge in [0.05, 0.1) is 29.6 Å². The first-order chi connectivity index (χ1) is 16.1. The number of urea groups is 1. The SMILES string of the molecule is CCc1ccc(-c2nn3c(c2C(=O)N=NN)CN(C(=O)N[C@H]2C[C@@H](S(C)(=O)=O)C2)CC3)cc1Cl.